The Kier molecular flexibility index (Phi) is 5.64. The van der Waals surface area contributed by atoms with E-state index in [1.54, 1.807) is 17.3 Å². The largest absolute Gasteiger partial charge is 0.368 e. The number of rotatable bonds is 4. The second kappa shape index (κ2) is 8.51. The van der Waals surface area contributed by atoms with E-state index in [2.05, 4.69) is 46.0 Å². The molecule has 2 fully saturated rings. The topological polar surface area (TPSA) is 60.0 Å². The average Bonchev–Trinajstić information content (AvgIpc) is 2.79. The maximum Gasteiger partial charge on any atom is 0.255 e. The molecule has 2 aliphatic heterocycles. The number of carbonyl (C=O) groups excluding carboxylic acids is 2. The highest BCUT2D eigenvalue weighted by Gasteiger charge is 2.24. The maximum absolute atomic E-state index is 13.0. The third-order valence-electron chi connectivity index (χ3n) is 5.73. The number of piperazine rings is 2. The molecule has 2 amide bonds. The van der Waals surface area contributed by atoms with Crippen LogP contribution in [0, 0.1) is 6.92 Å². The fraction of sp³-hybridized carbons (Fsp3) is 0.409. The van der Waals surface area contributed by atoms with E-state index >= 15 is 0 Å². The second-order valence-electron chi connectivity index (χ2n) is 7.68. The highest BCUT2D eigenvalue weighted by atomic mass is 16.2. The molecule has 7 heteroatoms. The second-order valence-corrected chi connectivity index (χ2v) is 7.68. The van der Waals surface area contributed by atoms with Crippen molar-refractivity contribution in [3.8, 4) is 0 Å². The van der Waals surface area contributed by atoms with Crippen LogP contribution in [0.3, 0.4) is 0 Å². The number of hydrogen-bond acceptors (Lipinski definition) is 5. The number of nitrogens with zero attached hydrogens (tertiary/aromatic N) is 5. The summed E-state index contributed by atoms with van der Waals surface area (Å²) in [5.74, 6) is 0.0368. The molecule has 0 N–H and O–H groups in total. The molecule has 1 aromatic carbocycles. The average molecular weight is 393 g/mol. The molecule has 0 saturated carbocycles. The summed E-state index contributed by atoms with van der Waals surface area (Å²) in [6.07, 6.45) is 4.34. The Bertz CT molecular complexity index is 871. The fourth-order valence-electron chi connectivity index (χ4n) is 3.98. The summed E-state index contributed by atoms with van der Waals surface area (Å²) in [5.41, 5.74) is 4.04. The van der Waals surface area contributed by atoms with Crippen LogP contribution in [0.15, 0.2) is 42.7 Å². The SMILES string of the molecule is Cc1cccc(N2CCN(C(=O)c3cncc(N4CCN(C=O)CC4)c3)CC2)c1. The van der Waals surface area contributed by atoms with Gasteiger partial charge in [-0.2, -0.15) is 0 Å². The lowest BCUT2D eigenvalue weighted by atomic mass is 10.1. The van der Waals surface area contributed by atoms with Crippen LogP contribution in [0.1, 0.15) is 15.9 Å². The van der Waals surface area contributed by atoms with E-state index in [0.717, 1.165) is 38.3 Å². The molecule has 29 heavy (non-hydrogen) atoms. The van der Waals surface area contributed by atoms with Crippen molar-refractivity contribution in [3.05, 3.63) is 53.9 Å². The van der Waals surface area contributed by atoms with Crippen molar-refractivity contribution < 1.29 is 9.59 Å². The Morgan fingerprint density at radius 1 is 0.897 bits per heavy atom. The number of anilines is 2. The molecule has 2 aromatic rings. The Morgan fingerprint density at radius 3 is 2.28 bits per heavy atom. The number of carbonyl (C=O) groups is 2. The monoisotopic (exact) mass is 393 g/mol. The number of aryl methyl sites for hydroxylation is 1. The molecule has 0 atom stereocenters. The van der Waals surface area contributed by atoms with Crippen LogP contribution in [0.5, 0.6) is 0 Å². The van der Waals surface area contributed by atoms with Gasteiger partial charge < -0.3 is 19.6 Å². The molecule has 0 bridgehead atoms. The lowest BCUT2D eigenvalue weighted by Gasteiger charge is -2.36. The summed E-state index contributed by atoms with van der Waals surface area (Å²) in [4.78, 5) is 36.4. The van der Waals surface area contributed by atoms with E-state index in [4.69, 9.17) is 0 Å². The van der Waals surface area contributed by atoms with Crippen molar-refractivity contribution in [2.24, 2.45) is 0 Å². The van der Waals surface area contributed by atoms with Gasteiger partial charge in [-0.3, -0.25) is 14.6 Å². The zero-order valence-electron chi connectivity index (χ0n) is 16.8. The summed E-state index contributed by atoms with van der Waals surface area (Å²) in [6, 6.07) is 10.4. The van der Waals surface area contributed by atoms with E-state index < -0.39 is 0 Å². The molecular formula is C22H27N5O2. The minimum atomic E-state index is 0.0368. The van der Waals surface area contributed by atoms with Crippen molar-refractivity contribution in [3.63, 3.8) is 0 Å². The van der Waals surface area contributed by atoms with Crippen molar-refractivity contribution in [1.29, 1.82) is 0 Å². The molecule has 0 aliphatic carbocycles. The molecule has 4 rings (SSSR count). The van der Waals surface area contributed by atoms with Crippen molar-refractivity contribution in [1.82, 2.24) is 14.8 Å². The summed E-state index contributed by atoms with van der Waals surface area (Å²) in [5, 5.41) is 0. The Balaban J connectivity index is 1.38. The number of aromatic nitrogens is 1. The molecule has 152 valence electrons. The van der Waals surface area contributed by atoms with Crippen molar-refractivity contribution in [2.45, 2.75) is 6.92 Å². The molecular weight excluding hydrogens is 366 g/mol. The molecule has 2 aliphatic rings. The van der Waals surface area contributed by atoms with Crippen LogP contribution in [-0.4, -0.2) is 79.5 Å². The lowest BCUT2D eigenvalue weighted by molar-refractivity contribution is -0.118. The van der Waals surface area contributed by atoms with E-state index in [1.807, 2.05) is 11.0 Å². The molecule has 3 heterocycles. The fourth-order valence-corrected chi connectivity index (χ4v) is 3.98. The molecule has 0 unspecified atom stereocenters. The van der Waals surface area contributed by atoms with Gasteiger partial charge in [-0.25, -0.2) is 0 Å². The van der Waals surface area contributed by atoms with Crippen LogP contribution in [0.25, 0.3) is 0 Å². The number of benzene rings is 1. The zero-order chi connectivity index (χ0) is 20.2. The van der Waals surface area contributed by atoms with Gasteiger partial charge in [-0.15, -0.1) is 0 Å². The molecule has 1 aromatic heterocycles. The predicted octanol–water partition coefficient (Wildman–Crippen LogP) is 1.63. The smallest absolute Gasteiger partial charge is 0.255 e. The number of amides is 2. The van der Waals surface area contributed by atoms with Gasteiger partial charge in [0.15, 0.2) is 0 Å². The van der Waals surface area contributed by atoms with Gasteiger partial charge in [0.25, 0.3) is 5.91 Å². The van der Waals surface area contributed by atoms with E-state index in [-0.39, 0.29) is 5.91 Å². The molecule has 7 nitrogen and oxygen atoms in total. The van der Waals surface area contributed by atoms with Crippen LogP contribution in [0.2, 0.25) is 0 Å². The highest BCUT2D eigenvalue weighted by Crippen LogP contribution is 2.20. The Labute approximate surface area is 171 Å². The van der Waals surface area contributed by atoms with E-state index in [1.165, 1.54) is 11.3 Å². The third kappa shape index (κ3) is 4.34. The first-order valence-corrected chi connectivity index (χ1v) is 10.1. The van der Waals surface area contributed by atoms with Gasteiger partial charge in [0.1, 0.15) is 0 Å². The van der Waals surface area contributed by atoms with Gasteiger partial charge >= 0.3 is 0 Å². The highest BCUT2D eigenvalue weighted by molar-refractivity contribution is 5.95. The lowest BCUT2D eigenvalue weighted by Crippen LogP contribution is -2.49. The van der Waals surface area contributed by atoms with Crippen molar-refractivity contribution >= 4 is 23.7 Å². The van der Waals surface area contributed by atoms with Gasteiger partial charge in [0, 0.05) is 64.2 Å². The normalized spacial score (nSPS) is 17.4. The predicted molar refractivity (Wildman–Crippen MR) is 113 cm³/mol. The van der Waals surface area contributed by atoms with Gasteiger partial charge in [-0.05, 0) is 30.7 Å². The van der Waals surface area contributed by atoms with Gasteiger partial charge in [0.2, 0.25) is 6.41 Å². The van der Waals surface area contributed by atoms with Crippen LogP contribution in [0.4, 0.5) is 11.4 Å². The maximum atomic E-state index is 13.0. The number of pyridine rings is 1. The van der Waals surface area contributed by atoms with Crippen LogP contribution < -0.4 is 9.80 Å². The molecule has 2 saturated heterocycles. The first-order chi connectivity index (χ1) is 14.1. The minimum absolute atomic E-state index is 0.0368. The van der Waals surface area contributed by atoms with E-state index in [0.29, 0.717) is 31.7 Å². The Morgan fingerprint density at radius 2 is 1.59 bits per heavy atom. The van der Waals surface area contributed by atoms with E-state index in [9.17, 15) is 9.59 Å². The minimum Gasteiger partial charge on any atom is -0.368 e. The summed E-state index contributed by atoms with van der Waals surface area (Å²) in [7, 11) is 0. The standard InChI is InChI=1S/C22H27N5O2/c1-18-3-2-4-20(13-18)25-9-11-27(12-10-25)22(29)19-14-21(16-23-15-19)26-7-5-24(17-28)6-8-26/h2-4,13-17H,5-12H2,1H3. The zero-order valence-corrected chi connectivity index (χ0v) is 16.8. The molecule has 0 spiro atoms. The first kappa shape index (κ1) is 19.2. The quantitative estimate of drug-likeness (QED) is 0.739. The first-order valence-electron chi connectivity index (χ1n) is 10.1. The summed E-state index contributed by atoms with van der Waals surface area (Å²) >= 11 is 0. The summed E-state index contributed by atoms with van der Waals surface area (Å²) in [6.45, 7) is 8.07. The van der Waals surface area contributed by atoms with Crippen LogP contribution in [-0.2, 0) is 4.79 Å². The van der Waals surface area contributed by atoms with Crippen LogP contribution >= 0.6 is 0 Å². The third-order valence-corrected chi connectivity index (χ3v) is 5.73. The Hall–Kier alpha value is -3.09. The summed E-state index contributed by atoms with van der Waals surface area (Å²) < 4.78 is 0. The van der Waals surface area contributed by atoms with Gasteiger partial charge in [-0.1, -0.05) is 12.1 Å². The molecule has 0 radical (unpaired) electrons. The number of hydrogen-bond donors (Lipinski definition) is 0. The van der Waals surface area contributed by atoms with Crippen molar-refractivity contribution in [2.75, 3.05) is 62.2 Å². The van der Waals surface area contributed by atoms with Gasteiger partial charge in [0.05, 0.1) is 17.4 Å².